The molecule has 3 heteroatoms. The van der Waals surface area contributed by atoms with Crippen LogP contribution in [0.3, 0.4) is 0 Å². The van der Waals surface area contributed by atoms with E-state index in [1.165, 1.54) is 44.9 Å². The second-order valence-electron chi connectivity index (χ2n) is 6.84. The van der Waals surface area contributed by atoms with Crippen LogP contribution in [0.15, 0.2) is 0 Å². The Balaban J connectivity index is 1.82. The first kappa shape index (κ1) is 18.5. The number of nitrogens with zero attached hydrogens (tertiary/aromatic N) is 1. The maximum absolute atomic E-state index is 11.8. The predicted octanol–water partition coefficient (Wildman–Crippen LogP) is 4.54. The van der Waals surface area contributed by atoms with Crippen molar-refractivity contribution in [3.8, 4) is 0 Å². The normalized spacial score (nSPS) is 16.0. The lowest BCUT2D eigenvalue weighted by atomic mass is 10.1. The summed E-state index contributed by atoms with van der Waals surface area (Å²) in [6.45, 7) is 6.21. The third kappa shape index (κ3) is 9.13. The molecule has 0 aromatic rings. The lowest BCUT2D eigenvalue weighted by molar-refractivity contribution is -0.130. The highest BCUT2D eigenvalue weighted by Crippen LogP contribution is 2.38. The summed E-state index contributed by atoms with van der Waals surface area (Å²) in [4.78, 5) is 13.7. The van der Waals surface area contributed by atoms with Gasteiger partial charge in [-0.2, -0.15) is 0 Å². The second kappa shape index (κ2) is 10.2. The summed E-state index contributed by atoms with van der Waals surface area (Å²) in [5.74, 6) is 0.314. The Morgan fingerprint density at radius 2 is 1.67 bits per heavy atom. The summed E-state index contributed by atoms with van der Waals surface area (Å²) in [5.41, 5.74) is 0.240. The number of carbonyl (C=O) groups excluding carboxylic acids is 1. The maximum Gasteiger partial charge on any atom is 0.222 e. The van der Waals surface area contributed by atoms with E-state index in [1.807, 2.05) is 11.9 Å². The van der Waals surface area contributed by atoms with Gasteiger partial charge in [-0.05, 0) is 39.0 Å². The minimum atomic E-state index is 0.240. The molecular weight excluding hydrogens is 262 g/mol. The molecule has 1 fully saturated rings. The second-order valence-corrected chi connectivity index (χ2v) is 6.84. The standard InChI is InChI=1S/C18H35NO2/c1-4-5-15-19(3)17(20)12-10-8-6-7-9-11-16-21-18(2)13-14-18/h4-16H2,1-3H3. The molecule has 0 atom stereocenters. The summed E-state index contributed by atoms with van der Waals surface area (Å²) in [6, 6.07) is 0. The van der Waals surface area contributed by atoms with E-state index in [0.29, 0.717) is 5.91 Å². The first-order valence-electron chi connectivity index (χ1n) is 8.95. The summed E-state index contributed by atoms with van der Waals surface area (Å²) < 4.78 is 5.81. The highest BCUT2D eigenvalue weighted by molar-refractivity contribution is 5.75. The molecule has 0 N–H and O–H groups in total. The molecule has 21 heavy (non-hydrogen) atoms. The van der Waals surface area contributed by atoms with E-state index in [-0.39, 0.29) is 5.60 Å². The molecule has 1 aliphatic rings. The van der Waals surface area contributed by atoms with Crippen LogP contribution in [0.1, 0.15) is 84.5 Å². The van der Waals surface area contributed by atoms with Gasteiger partial charge in [0.05, 0.1) is 5.60 Å². The monoisotopic (exact) mass is 297 g/mol. The number of carbonyl (C=O) groups is 1. The molecule has 0 heterocycles. The molecule has 3 nitrogen and oxygen atoms in total. The van der Waals surface area contributed by atoms with Crippen molar-refractivity contribution in [2.45, 2.75) is 90.1 Å². The van der Waals surface area contributed by atoms with Crippen LogP contribution >= 0.6 is 0 Å². The van der Waals surface area contributed by atoms with E-state index in [1.54, 1.807) is 0 Å². The van der Waals surface area contributed by atoms with Gasteiger partial charge in [-0.1, -0.05) is 39.0 Å². The van der Waals surface area contributed by atoms with Crippen LogP contribution in [0.5, 0.6) is 0 Å². The minimum Gasteiger partial charge on any atom is -0.375 e. The van der Waals surface area contributed by atoms with Crippen molar-refractivity contribution in [2.75, 3.05) is 20.2 Å². The van der Waals surface area contributed by atoms with E-state index >= 15 is 0 Å². The molecule has 0 aromatic heterocycles. The largest absolute Gasteiger partial charge is 0.375 e. The zero-order chi connectivity index (χ0) is 15.6. The Morgan fingerprint density at radius 3 is 2.29 bits per heavy atom. The predicted molar refractivity (Wildman–Crippen MR) is 88.5 cm³/mol. The number of hydrogen-bond donors (Lipinski definition) is 0. The van der Waals surface area contributed by atoms with Crippen LogP contribution in [-0.4, -0.2) is 36.6 Å². The van der Waals surface area contributed by atoms with Gasteiger partial charge < -0.3 is 9.64 Å². The smallest absolute Gasteiger partial charge is 0.222 e. The molecule has 1 amide bonds. The molecule has 0 aliphatic heterocycles. The van der Waals surface area contributed by atoms with E-state index in [2.05, 4.69) is 13.8 Å². The molecule has 0 bridgehead atoms. The van der Waals surface area contributed by atoms with Gasteiger partial charge >= 0.3 is 0 Å². The molecule has 124 valence electrons. The van der Waals surface area contributed by atoms with Gasteiger partial charge in [-0.3, -0.25) is 4.79 Å². The molecule has 1 saturated carbocycles. The number of ether oxygens (including phenoxy) is 1. The number of unbranched alkanes of at least 4 members (excludes halogenated alkanes) is 6. The molecule has 0 radical (unpaired) electrons. The van der Waals surface area contributed by atoms with Gasteiger partial charge in [0.15, 0.2) is 0 Å². The van der Waals surface area contributed by atoms with Gasteiger partial charge in [-0.15, -0.1) is 0 Å². The molecule has 0 spiro atoms. The Labute approximate surface area is 131 Å². The Bertz CT molecular complexity index is 287. The molecule has 0 unspecified atom stereocenters. The maximum atomic E-state index is 11.8. The first-order valence-corrected chi connectivity index (χ1v) is 8.95. The molecule has 0 aromatic carbocycles. The van der Waals surface area contributed by atoms with Crippen molar-refractivity contribution in [1.29, 1.82) is 0 Å². The topological polar surface area (TPSA) is 29.5 Å². The SMILES string of the molecule is CCCCN(C)C(=O)CCCCCCCCOC1(C)CC1. The zero-order valence-electron chi connectivity index (χ0n) is 14.5. The van der Waals surface area contributed by atoms with Crippen molar-refractivity contribution in [3.05, 3.63) is 0 Å². The zero-order valence-corrected chi connectivity index (χ0v) is 14.5. The van der Waals surface area contributed by atoms with E-state index in [4.69, 9.17) is 4.74 Å². The first-order chi connectivity index (χ1) is 10.1. The quantitative estimate of drug-likeness (QED) is 0.467. The summed E-state index contributed by atoms with van der Waals surface area (Å²) in [6.07, 6.45) is 12.7. The highest BCUT2D eigenvalue weighted by atomic mass is 16.5. The fraction of sp³-hybridized carbons (Fsp3) is 0.944. The Morgan fingerprint density at radius 1 is 1.05 bits per heavy atom. The van der Waals surface area contributed by atoms with Gasteiger partial charge in [0.25, 0.3) is 0 Å². The average molecular weight is 297 g/mol. The van der Waals surface area contributed by atoms with Crippen LogP contribution in [0, 0.1) is 0 Å². The van der Waals surface area contributed by atoms with Gasteiger partial charge in [0.1, 0.15) is 0 Å². The molecule has 1 aliphatic carbocycles. The van der Waals surface area contributed by atoms with Crippen molar-refractivity contribution >= 4 is 5.91 Å². The van der Waals surface area contributed by atoms with Crippen LogP contribution < -0.4 is 0 Å². The summed E-state index contributed by atoms with van der Waals surface area (Å²) in [7, 11) is 1.93. The minimum absolute atomic E-state index is 0.240. The van der Waals surface area contributed by atoms with Crippen LogP contribution in [0.2, 0.25) is 0 Å². The van der Waals surface area contributed by atoms with Gasteiger partial charge in [0, 0.05) is 26.6 Å². The summed E-state index contributed by atoms with van der Waals surface area (Å²) >= 11 is 0. The third-order valence-electron chi connectivity index (χ3n) is 4.46. The molecule has 0 saturated heterocycles. The van der Waals surface area contributed by atoms with E-state index in [0.717, 1.165) is 38.8 Å². The van der Waals surface area contributed by atoms with Crippen molar-refractivity contribution in [1.82, 2.24) is 4.90 Å². The lowest BCUT2D eigenvalue weighted by Crippen LogP contribution is -2.27. The lowest BCUT2D eigenvalue weighted by Gasteiger charge is -2.16. The Kier molecular flexibility index (Phi) is 8.98. The number of amides is 1. The number of rotatable bonds is 13. The molecule has 1 rings (SSSR count). The molecular formula is C18H35NO2. The van der Waals surface area contributed by atoms with Crippen LogP contribution in [0.25, 0.3) is 0 Å². The summed E-state index contributed by atoms with van der Waals surface area (Å²) in [5, 5.41) is 0. The average Bonchev–Trinajstić information content (AvgIpc) is 3.20. The van der Waals surface area contributed by atoms with Crippen LogP contribution in [-0.2, 0) is 9.53 Å². The van der Waals surface area contributed by atoms with Gasteiger partial charge in [-0.25, -0.2) is 0 Å². The van der Waals surface area contributed by atoms with E-state index in [9.17, 15) is 4.79 Å². The number of hydrogen-bond acceptors (Lipinski definition) is 2. The van der Waals surface area contributed by atoms with Crippen molar-refractivity contribution < 1.29 is 9.53 Å². The van der Waals surface area contributed by atoms with E-state index < -0.39 is 0 Å². The van der Waals surface area contributed by atoms with Gasteiger partial charge in [0.2, 0.25) is 5.91 Å². The van der Waals surface area contributed by atoms with Crippen molar-refractivity contribution in [2.24, 2.45) is 0 Å². The third-order valence-corrected chi connectivity index (χ3v) is 4.46. The van der Waals surface area contributed by atoms with Crippen LogP contribution in [0.4, 0.5) is 0 Å². The Hall–Kier alpha value is -0.570. The fourth-order valence-corrected chi connectivity index (χ4v) is 2.44. The van der Waals surface area contributed by atoms with Crippen molar-refractivity contribution in [3.63, 3.8) is 0 Å². The highest BCUT2D eigenvalue weighted by Gasteiger charge is 2.38. The fourth-order valence-electron chi connectivity index (χ4n) is 2.44.